The maximum atomic E-state index is 12.2. The number of amides is 1. The number of alkyl halides is 3. The van der Waals surface area contributed by atoms with Gasteiger partial charge < -0.3 is 14.8 Å². The number of carbonyl (C=O) groups excluding carboxylic acids is 1. The lowest BCUT2D eigenvalue weighted by Crippen LogP contribution is -2.36. The molecule has 1 saturated heterocycles. The van der Waals surface area contributed by atoms with Gasteiger partial charge in [-0.15, -0.1) is 11.3 Å². The molecule has 2 heterocycles. The number of hydrogen-bond acceptors (Lipinski definition) is 4. The monoisotopic (exact) mass is 307 g/mol. The molecular formula is C12H12F3NO3S. The minimum Gasteiger partial charge on any atom is -0.347 e. The van der Waals surface area contributed by atoms with Crippen LogP contribution in [0.5, 0.6) is 0 Å². The van der Waals surface area contributed by atoms with E-state index in [0.29, 0.717) is 32.5 Å². The number of ether oxygens (including phenoxy) is 2. The third-order valence-electron chi connectivity index (χ3n) is 3.41. The summed E-state index contributed by atoms with van der Waals surface area (Å²) in [5, 5.41) is 2.11. The number of rotatable bonds is 1. The van der Waals surface area contributed by atoms with Gasteiger partial charge in [-0.1, -0.05) is 0 Å². The van der Waals surface area contributed by atoms with E-state index in [1.807, 2.05) is 5.32 Å². The number of fused-ring (bicyclic) bond motifs is 1. The summed E-state index contributed by atoms with van der Waals surface area (Å²) in [6.45, 7) is 1.08. The normalized spacial score (nSPS) is 20.9. The first-order valence-corrected chi connectivity index (χ1v) is 6.97. The van der Waals surface area contributed by atoms with E-state index < -0.39 is 17.9 Å². The minimum absolute atomic E-state index is 0.215. The van der Waals surface area contributed by atoms with Crippen LogP contribution in [0.1, 0.15) is 16.9 Å². The van der Waals surface area contributed by atoms with E-state index >= 15 is 0 Å². The lowest BCUT2D eigenvalue weighted by atomic mass is 9.93. The van der Waals surface area contributed by atoms with Crippen molar-refractivity contribution in [3.05, 3.63) is 16.5 Å². The van der Waals surface area contributed by atoms with Crippen molar-refractivity contribution in [2.24, 2.45) is 0 Å². The Labute approximate surface area is 116 Å². The number of carbonyl (C=O) groups is 1. The molecule has 0 saturated carbocycles. The van der Waals surface area contributed by atoms with E-state index in [1.54, 1.807) is 6.07 Å². The highest BCUT2D eigenvalue weighted by molar-refractivity contribution is 7.16. The molecule has 0 atom stereocenters. The maximum absolute atomic E-state index is 12.2. The van der Waals surface area contributed by atoms with Crippen LogP contribution in [0.4, 0.5) is 18.2 Å². The predicted octanol–water partition coefficient (Wildman–Crippen LogP) is 2.48. The van der Waals surface area contributed by atoms with Crippen LogP contribution in [0.2, 0.25) is 0 Å². The smallest absolute Gasteiger partial charge is 0.347 e. The molecule has 1 aliphatic heterocycles. The molecule has 110 valence electrons. The molecule has 1 aromatic rings. The molecule has 0 aromatic carbocycles. The second-order valence-electron chi connectivity index (χ2n) is 4.80. The molecule has 0 bridgehead atoms. The van der Waals surface area contributed by atoms with Crippen LogP contribution in [-0.2, 0) is 27.1 Å². The minimum atomic E-state index is -4.87. The molecule has 1 N–H and O–H groups in total. The molecule has 8 heteroatoms. The van der Waals surface area contributed by atoms with Crippen molar-refractivity contribution in [2.75, 3.05) is 18.5 Å². The fourth-order valence-electron chi connectivity index (χ4n) is 2.47. The van der Waals surface area contributed by atoms with Crippen molar-refractivity contribution in [3.63, 3.8) is 0 Å². The Balaban J connectivity index is 1.75. The van der Waals surface area contributed by atoms with Gasteiger partial charge in [0.25, 0.3) is 0 Å². The fraction of sp³-hybridized carbons (Fsp3) is 0.583. The lowest BCUT2D eigenvalue weighted by molar-refractivity contribution is -0.167. The summed E-state index contributed by atoms with van der Waals surface area (Å²) in [5.74, 6) is -2.57. The third-order valence-corrected chi connectivity index (χ3v) is 4.50. The summed E-state index contributed by atoms with van der Waals surface area (Å²) in [4.78, 5) is 11.8. The molecule has 2 aliphatic rings. The van der Waals surface area contributed by atoms with Gasteiger partial charge in [-0.05, 0) is 18.1 Å². The fourth-order valence-corrected chi connectivity index (χ4v) is 3.67. The molecule has 1 spiro atoms. The van der Waals surface area contributed by atoms with E-state index in [-0.39, 0.29) is 5.00 Å². The van der Waals surface area contributed by atoms with Gasteiger partial charge in [0.05, 0.1) is 18.2 Å². The van der Waals surface area contributed by atoms with Crippen LogP contribution < -0.4 is 5.32 Å². The zero-order valence-electron chi connectivity index (χ0n) is 10.4. The van der Waals surface area contributed by atoms with Crippen LogP contribution in [-0.4, -0.2) is 31.1 Å². The average molecular weight is 307 g/mol. The maximum Gasteiger partial charge on any atom is 0.471 e. The first-order chi connectivity index (χ1) is 9.38. The third kappa shape index (κ3) is 2.55. The highest BCUT2D eigenvalue weighted by atomic mass is 32.1. The Kier molecular flexibility index (Phi) is 3.26. The topological polar surface area (TPSA) is 47.6 Å². The first kappa shape index (κ1) is 13.8. The van der Waals surface area contributed by atoms with Crippen molar-refractivity contribution in [2.45, 2.75) is 31.2 Å². The highest BCUT2D eigenvalue weighted by Crippen LogP contribution is 2.40. The second kappa shape index (κ2) is 4.71. The van der Waals surface area contributed by atoms with Gasteiger partial charge in [0.15, 0.2) is 5.79 Å². The van der Waals surface area contributed by atoms with Crippen molar-refractivity contribution in [1.82, 2.24) is 0 Å². The van der Waals surface area contributed by atoms with Crippen molar-refractivity contribution < 1.29 is 27.4 Å². The van der Waals surface area contributed by atoms with Gasteiger partial charge in [0, 0.05) is 17.7 Å². The number of halogens is 3. The lowest BCUT2D eigenvalue weighted by Gasteiger charge is -2.30. The van der Waals surface area contributed by atoms with Crippen LogP contribution in [0.3, 0.4) is 0 Å². The van der Waals surface area contributed by atoms with Gasteiger partial charge in [-0.25, -0.2) is 0 Å². The Morgan fingerprint density at radius 2 is 2.05 bits per heavy atom. The van der Waals surface area contributed by atoms with Crippen LogP contribution >= 0.6 is 11.3 Å². The molecule has 1 aromatic heterocycles. The average Bonchev–Trinajstić information content (AvgIpc) is 2.95. The molecule has 20 heavy (non-hydrogen) atoms. The summed E-state index contributed by atoms with van der Waals surface area (Å²) >= 11 is 1.15. The molecule has 1 fully saturated rings. The molecule has 0 radical (unpaired) electrons. The number of anilines is 1. The number of thiophene rings is 1. The SMILES string of the molecule is O=C(Nc1cc2c(s1)CC1(CC2)OCCO1)C(F)(F)F. The van der Waals surface area contributed by atoms with Crippen LogP contribution in [0, 0.1) is 0 Å². The summed E-state index contributed by atoms with van der Waals surface area (Å²) < 4.78 is 47.8. The quantitative estimate of drug-likeness (QED) is 0.867. The Bertz CT molecular complexity index is 535. The first-order valence-electron chi connectivity index (χ1n) is 6.16. The highest BCUT2D eigenvalue weighted by Gasteiger charge is 2.42. The van der Waals surface area contributed by atoms with E-state index in [9.17, 15) is 18.0 Å². The Morgan fingerprint density at radius 1 is 1.35 bits per heavy atom. The molecule has 0 unspecified atom stereocenters. The number of aryl methyl sites for hydroxylation is 1. The van der Waals surface area contributed by atoms with Gasteiger partial charge in [0.1, 0.15) is 0 Å². The summed E-state index contributed by atoms with van der Waals surface area (Å²) in [6.07, 6.45) is -2.99. The van der Waals surface area contributed by atoms with Gasteiger partial charge in [-0.3, -0.25) is 4.79 Å². The van der Waals surface area contributed by atoms with E-state index in [2.05, 4.69) is 0 Å². The Morgan fingerprint density at radius 3 is 2.70 bits per heavy atom. The van der Waals surface area contributed by atoms with E-state index in [4.69, 9.17) is 9.47 Å². The molecule has 4 nitrogen and oxygen atoms in total. The van der Waals surface area contributed by atoms with Gasteiger partial charge >= 0.3 is 12.1 Å². The number of hydrogen-bond donors (Lipinski definition) is 1. The summed E-state index contributed by atoms with van der Waals surface area (Å²) in [7, 11) is 0. The molecule has 3 rings (SSSR count). The molecule has 1 amide bonds. The van der Waals surface area contributed by atoms with Crippen molar-refractivity contribution in [1.29, 1.82) is 0 Å². The van der Waals surface area contributed by atoms with E-state index in [0.717, 1.165) is 21.8 Å². The second-order valence-corrected chi connectivity index (χ2v) is 5.93. The zero-order chi connectivity index (χ0) is 14.4. The van der Waals surface area contributed by atoms with Gasteiger partial charge in [-0.2, -0.15) is 13.2 Å². The standard InChI is InChI=1S/C12H12F3NO3S/c13-12(14,15)10(17)16-9-5-7-1-2-11(6-8(7)20-9)18-3-4-19-11/h5H,1-4,6H2,(H,16,17). The molecular weight excluding hydrogens is 295 g/mol. The molecule has 1 aliphatic carbocycles. The predicted molar refractivity (Wildman–Crippen MR) is 65.7 cm³/mol. The largest absolute Gasteiger partial charge is 0.471 e. The van der Waals surface area contributed by atoms with Crippen LogP contribution in [0.25, 0.3) is 0 Å². The summed E-state index contributed by atoms with van der Waals surface area (Å²) in [6, 6.07) is 1.60. The zero-order valence-corrected chi connectivity index (χ0v) is 11.2. The summed E-state index contributed by atoms with van der Waals surface area (Å²) in [5.41, 5.74) is 0.956. The van der Waals surface area contributed by atoms with Crippen molar-refractivity contribution >= 4 is 22.2 Å². The van der Waals surface area contributed by atoms with E-state index in [1.165, 1.54) is 0 Å². The van der Waals surface area contributed by atoms with Crippen molar-refractivity contribution in [3.8, 4) is 0 Å². The van der Waals surface area contributed by atoms with Gasteiger partial charge in [0.2, 0.25) is 0 Å². The Hall–Kier alpha value is -1.12. The number of nitrogens with one attached hydrogen (secondary N) is 1. The van der Waals surface area contributed by atoms with Crippen LogP contribution in [0.15, 0.2) is 6.07 Å².